The van der Waals surface area contributed by atoms with E-state index in [1.54, 1.807) is 13.2 Å². The van der Waals surface area contributed by atoms with Crippen LogP contribution in [0.3, 0.4) is 0 Å². The third-order valence-corrected chi connectivity index (χ3v) is 3.92. The Labute approximate surface area is 135 Å². The van der Waals surface area contributed by atoms with Gasteiger partial charge in [0.25, 0.3) is 0 Å². The summed E-state index contributed by atoms with van der Waals surface area (Å²) in [4.78, 5) is 13.5. The summed E-state index contributed by atoms with van der Waals surface area (Å²) in [6.07, 6.45) is 2.67. The van der Waals surface area contributed by atoms with Gasteiger partial charge in [-0.1, -0.05) is 43.6 Å². The molecule has 22 heavy (non-hydrogen) atoms. The molecule has 0 fully saturated rings. The maximum atomic E-state index is 12.0. The zero-order chi connectivity index (χ0) is 16.2. The highest BCUT2D eigenvalue weighted by Crippen LogP contribution is 2.28. The number of rotatable bonds is 6. The normalized spacial score (nSPS) is 11.5. The molecule has 2 rings (SSSR count). The van der Waals surface area contributed by atoms with Crippen molar-refractivity contribution in [2.24, 2.45) is 7.05 Å². The highest BCUT2D eigenvalue weighted by Gasteiger charge is 2.23. The van der Waals surface area contributed by atoms with Crippen LogP contribution in [0.5, 0.6) is 0 Å². The number of hydrogen-bond donors (Lipinski definition) is 1. The van der Waals surface area contributed by atoms with Gasteiger partial charge in [-0.2, -0.15) is 15.0 Å². The van der Waals surface area contributed by atoms with Crippen molar-refractivity contribution in [3.05, 3.63) is 46.7 Å². The molecule has 0 spiro atoms. The highest BCUT2D eigenvalue weighted by atomic mass is 35.5. The number of nitrogens with zero attached hydrogens (tertiary/aromatic N) is 3. The summed E-state index contributed by atoms with van der Waals surface area (Å²) in [5, 5.41) is 11.8. The summed E-state index contributed by atoms with van der Waals surface area (Å²) in [5.41, 5.74) is 1.63. The molecule has 1 heterocycles. The summed E-state index contributed by atoms with van der Waals surface area (Å²) >= 11 is 6.24. The molecule has 0 atom stereocenters. The number of aromatic nitrogens is 3. The molecule has 1 amide bonds. The number of carbonyl (C=O) groups is 1. The minimum atomic E-state index is -0.222. The van der Waals surface area contributed by atoms with Gasteiger partial charge in [-0.15, -0.1) is 0 Å². The predicted octanol–water partition coefficient (Wildman–Crippen LogP) is 2.50. The van der Waals surface area contributed by atoms with Gasteiger partial charge in [-0.3, -0.25) is 4.79 Å². The molecule has 0 aliphatic carbocycles. The number of amides is 1. The monoisotopic (exact) mass is 320 g/mol. The van der Waals surface area contributed by atoms with Crippen molar-refractivity contribution in [3.63, 3.8) is 0 Å². The van der Waals surface area contributed by atoms with Crippen LogP contribution in [0.4, 0.5) is 0 Å². The lowest BCUT2D eigenvalue weighted by molar-refractivity contribution is -0.121. The van der Waals surface area contributed by atoms with Gasteiger partial charge in [0.2, 0.25) is 5.91 Å². The topological polar surface area (TPSA) is 59.8 Å². The highest BCUT2D eigenvalue weighted by molar-refractivity contribution is 6.31. The Morgan fingerprint density at radius 3 is 2.73 bits per heavy atom. The molecular weight excluding hydrogens is 300 g/mol. The van der Waals surface area contributed by atoms with Crippen LogP contribution in [-0.2, 0) is 23.7 Å². The SMILES string of the molecule is Cn1ncc(CCC(=O)NCC(C)(C)c2ccccc2Cl)n1. The number of aryl methyl sites for hydroxylation is 2. The number of halogens is 1. The molecule has 1 aromatic carbocycles. The third kappa shape index (κ3) is 4.31. The van der Waals surface area contributed by atoms with E-state index in [1.807, 2.05) is 24.3 Å². The molecule has 0 radical (unpaired) electrons. The van der Waals surface area contributed by atoms with Gasteiger partial charge in [0, 0.05) is 36.9 Å². The van der Waals surface area contributed by atoms with E-state index < -0.39 is 0 Å². The van der Waals surface area contributed by atoms with E-state index in [0.717, 1.165) is 16.3 Å². The Bertz CT molecular complexity index is 651. The summed E-state index contributed by atoms with van der Waals surface area (Å²) in [6, 6.07) is 7.73. The fraction of sp³-hybridized carbons (Fsp3) is 0.438. The average Bonchev–Trinajstić information content (AvgIpc) is 2.89. The van der Waals surface area contributed by atoms with E-state index >= 15 is 0 Å². The molecule has 0 aliphatic heterocycles. The van der Waals surface area contributed by atoms with E-state index in [0.29, 0.717) is 19.4 Å². The lowest BCUT2D eigenvalue weighted by atomic mass is 9.84. The van der Waals surface area contributed by atoms with Crippen LogP contribution in [0.15, 0.2) is 30.5 Å². The zero-order valence-electron chi connectivity index (χ0n) is 13.1. The molecule has 0 saturated heterocycles. The first-order valence-electron chi connectivity index (χ1n) is 7.25. The van der Waals surface area contributed by atoms with E-state index in [-0.39, 0.29) is 11.3 Å². The van der Waals surface area contributed by atoms with Crippen molar-refractivity contribution in [2.45, 2.75) is 32.1 Å². The minimum absolute atomic E-state index is 0.00535. The lowest BCUT2D eigenvalue weighted by Gasteiger charge is -2.26. The Hall–Kier alpha value is -1.88. The third-order valence-electron chi connectivity index (χ3n) is 3.59. The van der Waals surface area contributed by atoms with E-state index in [4.69, 9.17) is 11.6 Å². The smallest absolute Gasteiger partial charge is 0.220 e. The number of nitrogens with one attached hydrogen (secondary N) is 1. The zero-order valence-corrected chi connectivity index (χ0v) is 13.9. The van der Waals surface area contributed by atoms with Gasteiger partial charge in [-0.25, -0.2) is 0 Å². The van der Waals surface area contributed by atoms with Crippen molar-refractivity contribution in [3.8, 4) is 0 Å². The van der Waals surface area contributed by atoms with Crippen LogP contribution in [-0.4, -0.2) is 27.4 Å². The van der Waals surface area contributed by atoms with E-state index in [1.165, 1.54) is 4.80 Å². The van der Waals surface area contributed by atoms with Crippen LogP contribution >= 0.6 is 11.6 Å². The minimum Gasteiger partial charge on any atom is -0.355 e. The standard InChI is InChI=1S/C16H21ClN4O/c1-16(2,13-6-4-5-7-14(13)17)11-18-15(22)9-8-12-10-19-21(3)20-12/h4-7,10H,8-9,11H2,1-3H3,(H,18,22). The predicted molar refractivity (Wildman–Crippen MR) is 86.8 cm³/mol. The molecule has 1 N–H and O–H groups in total. The van der Waals surface area contributed by atoms with Crippen molar-refractivity contribution in [2.75, 3.05) is 6.54 Å². The molecule has 118 valence electrons. The number of benzene rings is 1. The molecule has 0 aliphatic rings. The van der Waals surface area contributed by atoms with Crippen LogP contribution in [0.1, 0.15) is 31.5 Å². The maximum Gasteiger partial charge on any atom is 0.220 e. The van der Waals surface area contributed by atoms with Gasteiger partial charge >= 0.3 is 0 Å². The van der Waals surface area contributed by atoms with Crippen molar-refractivity contribution in [1.29, 1.82) is 0 Å². The molecule has 0 unspecified atom stereocenters. The second-order valence-electron chi connectivity index (χ2n) is 5.97. The van der Waals surface area contributed by atoms with Crippen LogP contribution < -0.4 is 5.32 Å². The Morgan fingerprint density at radius 1 is 1.36 bits per heavy atom. The van der Waals surface area contributed by atoms with E-state index in [2.05, 4.69) is 29.4 Å². The summed E-state index contributed by atoms with van der Waals surface area (Å²) in [5.74, 6) is 0.00535. The first kappa shape index (κ1) is 16.5. The average molecular weight is 321 g/mol. The Morgan fingerprint density at radius 2 is 2.09 bits per heavy atom. The van der Waals surface area contributed by atoms with Crippen molar-refractivity contribution in [1.82, 2.24) is 20.3 Å². The second-order valence-corrected chi connectivity index (χ2v) is 6.37. The molecule has 6 heteroatoms. The molecule has 0 bridgehead atoms. The molecular formula is C16H21ClN4O. The van der Waals surface area contributed by atoms with E-state index in [9.17, 15) is 4.79 Å². The first-order chi connectivity index (χ1) is 10.4. The molecule has 0 saturated carbocycles. The lowest BCUT2D eigenvalue weighted by Crippen LogP contribution is -2.37. The Kier molecular flexibility index (Phi) is 5.19. The maximum absolute atomic E-state index is 12.0. The molecule has 2 aromatic rings. The summed E-state index contributed by atoms with van der Waals surface area (Å²) < 4.78 is 0. The number of hydrogen-bond acceptors (Lipinski definition) is 3. The van der Waals surface area contributed by atoms with Crippen LogP contribution in [0, 0.1) is 0 Å². The fourth-order valence-corrected chi connectivity index (χ4v) is 2.65. The second kappa shape index (κ2) is 6.92. The van der Waals surface area contributed by atoms with Gasteiger partial charge in [0.1, 0.15) is 0 Å². The fourth-order valence-electron chi connectivity index (χ4n) is 2.26. The van der Waals surface area contributed by atoms with Crippen molar-refractivity contribution >= 4 is 17.5 Å². The quantitative estimate of drug-likeness (QED) is 0.889. The summed E-state index contributed by atoms with van der Waals surface area (Å²) in [7, 11) is 1.76. The van der Waals surface area contributed by atoms with Crippen molar-refractivity contribution < 1.29 is 4.79 Å². The van der Waals surface area contributed by atoms with Gasteiger partial charge in [0.05, 0.1) is 11.9 Å². The number of carbonyl (C=O) groups excluding carboxylic acids is 1. The first-order valence-corrected chi connectivity index (χ1v) is 7.63. The van der Waals surface area contributed by atoms with Crippen LogP contribution in [0.25, 0.3) is 0 Å². The van der Waals surface area contributed by atoms with Gasteiger partial charge in [-0.05, 0) is 11.6 Å². The summed E-state index contributed by atoms with van der Waals surface area (Å²) in [6.45, 7) is 4.67. The van der Waals surface area contributed by atoms with Gasteiger partial charge < -0.3 is 5.32 Å². The van der Waals surface area contributed by atoms with Crippen LogP contribution in [0.2, 0.25) is 5.02 Å². The molecule has 5 nitrogen and oxygen atoms in total. The largest absolute Gasteiger partial charge is 0.355 e. The molecule has 1 aromatic heterocycles. The van der Waals surface area contributed by atoms with Gasteiger partial charge in [0.15, 0.2) is 0 Å². The Balaban J connectivity index is 1.86.